The van der Waals surface area contributed by atoms with E-state index in [1.54, 1.807) is 13.2 Å². The molecule has 4 heteroatoms. The molecule has 3 nitrogen and oxygen atoms in total. The number of benzene rings is 1. The summed E-state index contributed by atoms with van der Waals surface area (Å²) in [4.78, 5) is 2.19. The molecular formula is C15H18BrNO2. The predicted molar refractivity (Wildman–Crippen MR) is 80.2 cm³/mol. The van der Waals surface area contributed by atoms with Gasteiger partial charge in [0.05, 0.1) is 18.9 Å². The molecule has 0 saturated heterocycles. The number of nitrogens with zero attached hydrogens (tertiary/aromatic N) is 1. The number of aliphatic hydroxyl groups excluding tert-OH is 1. The first kappa shape index (κ1) is 14.2. The van der Waals surface area contributed by atoms with Crippen LogP contribution in [0.15, 0.2) is 45.5 Å². The number of halogens is 1. The second-order valence-corrected chi connectivity index (χ2v) is 5.39. The van der Waals surface area contributed by atoms with E-state index in [0.29, 0.717) is 6.54 Å². The molecule has 1 atom stereocenters. The number of rotatable bonds is 5. The van der Waals surface area contributed by atoms with Crippen molar-refractivity contribution < 1.29 is 9.52 Å². The molecule has 1 aromatic heterocycles. The van der Waals surface area contributed by atoms with E-state index in [0.717, 1.165) is 28.0 Å². The molecule has 0 aliphatic carbocycles. The number of anilines is 1. The van der Waals surface area contributed by atoms with E-state index in [1.807, 2.05) is 30.3 Å². The van der Waals surface area contributed by atoms with E-state index in [-0.39, 0.29) is 0 Å². The van der Waals surface area contributed by atoms with Crippen molar-refractivity contribution in [3.05, 3.63) is 52.4 Å². The molecule has 0 aliphatic rings. The summed E-state index contributed by atoms with van der Waals surface area (Å²) in [5.74, 6) is 0.915. The molecule has 102 valence electrons. The number of hydrogen-bond donors (Lipinski definition) is 1. The lowest BCUT2D eigenvalue weighted by Gasteiger charge is -2.26. The van der Waals surface area contributed by atoms with Crippen molar-refractivity contribution in [1.29, 1.82) is 0 Å². The van der Waals surface area contributed by atoms with Crippen LogP contribution in [0, 0.1) is 0 Å². The van der Waals surface area contributed by atoms with Crippen LogP contribution in [0.5, 0.6) is 0 Å². The summed E-state index contributed by atoms with van der Waals surface area (Å²) in [5.41, 5.74) is 1.96. The largest absolute Gasteiger partial charge is 0.467 e. The molecule has 2 aromatic rings. The van der Waals surface area contributed by atoms with E-state index in [2.05, 4.69) is 27.8 Å². The van der Waals surface area contributed by atoms with Gasteiger partial charge in [-0.1, -0.05) is 22.0 Å². The van der Waals surface area contributed by atoms with Crippen molar-refractivity contribution in [3.8, 4) is 0 Å². The zero-order valence-corrected chi connectivity index (χ0v) is 12.7. The molecule has 0 radical (unpaired) electrons. The minimum atomic E-state index is -0.492. The average molecular weight is 324 g/mol. The normalized spacial score (nSPS) is 12.4. The molecule has 19 heavy (non-hydrogen) atoms. The lowest BCUT2D eigenvalue weighted by Crippen LogP contribution is -2.23. The Bertz CT molecular complexity index is 523. The predicted octanol–water partition coefficient (Wildman–Crippen LogP) is 4.12. The molecule has 0 bridgehead atoms. The zero-order chi connectivity index (χ0) is 13.8. The van der Waals surface area contributed by atoms with Gasteiger partial charge in [-0.15, -0.1) is 0 Å². The zero-order valence-electron chi connectivity index (χ0n) is 11.1. The van der Waals surface area contributed by atoms with Crippen molar-refractivity contribution in [2.24, 2.45) is 0 Å². The van der Waals surface area contributed by atoms with Gasteiger partial charge in [-0.3, -0.25) is 0 Å². The maximum atomic E-state index is 9.90. The smallest absolute Gasteiger partial charge is 0.123 e. The van der Waals surface area contributed by atoms with Crippen molar-refractivity contribution in [1.82, 2.24) is 0 Å². The van der Waals surface area contributed by atoms with Crippen LogP contribution < -0.4 is 4.90 Å². The highest BCUT2D eigenvalue weighted by Crippen LogP contribution is 2.30. The molecule has 0 spiro atoms. The van der Waals surface area contributed by atoms with E-state index >= 15 is 0 Å². The highest BCUT2D eigenvalue weighted by Gasteiger charge is 2.15. The third-order valence-corrected chi connectivity index (χ3v) is 3.59. The van der Waals surface area contributed by atoms with Crippen molar-refractivity contribution in [2.45, 2.75) is 26.5 Å². The van der Waals surface area contributed by atoms with Crippen LogP contribution in [-0.2, 0) is 6.54 Å². The summed E-state index contributed by atoms with van der Waals surface area (Å²) in [6.45, 7) is 5.42. The summed E-state index contributed by atoms with van der Waals surface area (Å²) in [6, 6.07) is 9.79. The molecule has 0 aliphatic heterocycles. The quantitative estimate of drug-likeness (QED) is 0.899. The Morgan fingerprint density at radius 1 is 1.37 bits per heavy atom. The Labute approximate surface area is 122 Å². The Hall–Kier alpha value is -1.26. The van der Waals surface area contributed by atoms with Gasteiger partial charge in [0, 0.05) is 22.3 Å². The summed E-state index contributed by atoms with van der Waals surface area (Å²) in [6.07, 6.45) is 1.19. The minimum Gasteiger partial charge on any atom is -0.467 e. The lowest BCUT2D eigenvalue weighted by molar-refractivity contribution is 0.199. The van der Waals surface area contributed by atoms with Crippen LogP contribution >= 0.6 is 15.9 Å². The van der Waals surface area contributed by atoms with Gasteiger partial charge in [-0.05, 0) is 38.1 Å². The SMILES string of the molecule is CCN(Cc1ccco1)c1cc(Br)ccc1C(C)O. The number of hydrogen-bond acceptors (Lipinski definition) is 3. The highest BCUT2D eigenvalue weighted by molar-refractivity contribution is 9.10. The summed E-state index contributed by atoms with van der Waals surface area (Å²) in [5, 5.41) is 9.90. The first-order valence-corrected chi connectivity index (χ1v) is 7.16. The van der Waals surface area contributed by atoms with Crippen molar-refractivity contribution in [3.63, 3.8) is 0 Å². The standard InChI is InChI=1S/C15H18BrNO2/c1-3-17(10-13-5-4-8-19-13)15-9-12(16)6-7-14(15)11(2)18/h4-9,11,18H,3,10H2,1-2H3. The Morgan fingerprint density at radius 2 is 2.16 bits per heavy atom. The van der Waals surface area contributed by atoms with Crippen LogP contribution in [0.1, 0.15) is 31.3 Å². The van der Waals surface area contributed by atoms with Crippen LogP contribution in [0.2, 0.25) is 0 Å². The summed E-state index contributed by atoms with van der Waals surface area (Å²) >= 11 is 3.49. The fourth-order valence-corrected chi connectivity index (χ4v) is 2.45. The maximum Gasteiger partial charge on any atom is 0.123 e. The lowest BCUT2D eigenvalue weighted by atomic mass is 10.1. The third-order valence-electron chi connectivity index (χ3n) is 3.09. The second-order valence-electron chi connectivity index (χ2n) is 4.47. The topological polar surface area (TPSA) is 36.6 Å². The molecule has 2 rings (SSSR count). The van der Waals surface area contributed by atoms with Gasteiger partial charge in [0.2, 0.25) is 0 Å². The molecule has 1 aromatic carbocycles. The van der Waals surface area contributed by atoms with Gasteiger partial charge in [-0.25, -0.2) is 0 Å². The summed E-state index contributed by atoms with van der Waals surface area (Å²) < 4.78 is 6.41. The second kappa shape index (κ2) is 6.26. The molecule has 1 heterocycles. The Balaban J connectivity index is 2.33. The van der Waals surface area contributed by atoms with Crippen molar-refractivity contribution >= 4 is 21.6 Å². The Morgan fingerprint density at radius 3 is 2.74 bits per heavy atom. The van der Waals surface area contributed by atoms with Gasteiger partial charge < -0.3 is 14.4 Å². The molecular weight excluding hydrogens is 306 g/mol. The van der Waals surface area contributed by atoms with Gasteiger partial charge >= 0.3 is 0 Å². The van der Waals surface area contributed by atoms with Crippen LogP contribution in [0.25, 0.3) is 0 Å². The van der Waals surface area contributed by atoms with Gasteiger partial charge in [0.15, 0.2) is 0 Å². The average Bonchev–Trinajstić information content (AvgIpc) is 2.88. The van der Waals surface area contributed by atoms with Gasteiger partial charge in [0.25, 0.3) is 0 Å². The minimum absolute atomic E-state index is 0.492. The molecule has 0 amide bonds. The number of aliphatic hydroxyl groups is 1. The third kappa shape index (κ3) is 3.39. The van der Waals surface area contributed by atoms with E-state index in [1.165, 1.54) is 0 Å². The molecule has 0 fully saturated rings. The molecule has 1 N–H and O–H groups in total. The first-order chi connectivity index (χ1) is 9.11. The monoisotopic (exact) mass is 323 g/mol. The summed E-state index contributed by atoms with van der Waals surface area (Å²) in [7, 11) is 0. The Kier molecular flexibility index (Phi) is 4.66. The first-order valence-electron chi connectivity index (χ1n) is 6.36. The maximum absolute atomic E-state index is 9.90. The van der Waals surface area contributed by atoms with E-state index in [9.17, 15) is 5.11 Å². The molecule has 1 unspecified atom stereocenters. The van der Waals surface area contributed by atoms with Crippen LogP contribution in [-0.4, -0.2) is 11.7 Å². The number of furan rings is 1. The molecule has 0 saturated carbocycles. The fraction of sp³-hybridized carbons (Fsp3) is 0.333. The van der Waals surface area contributed by atoms with Gasteiger partial charge in [0.1, 0.15) is 5.76 Å². The van der Waals surface area contributed by atoms with Gasteiger partial charge in [-0.2, -0.15) is 0 Å². The van der Waals surface area contributed by atoms with E-state index < -0.39 is 6.10 Å². The highest BCUT2D eigenvalue weighted by atomic mass is 79.9. The van der Waals surface area contributed by atoms with Crippen LogP contribution in [0.4, 0.5) is 5.69 Å². The fourth-order valence-electron chi connectivity index (χ4n) is 2.10. The van der Waals surface area contributed by atoms with Crippen LogP contribution in [0.3, 0.4) is 0 Å². The van der Waals surface area contributed by atoms with Crippen molar-refractivity contribution in [2.75, 3.05) is 11.4 Å². The van der Waals surface area contributed by atoms with E-state index in [4.69, 9.17) is 4.42 Å².